The van der Waals surface area contributed by atoms with E-state index in [-0.39, 0.29) is 0 Å². The van der Waals surface area contributed by atoms with Gasteiger partial charge in [-0.3, -0.25) is 9.47 Å². The zero-order valence-corrected chi connectivity index (χ0v) is 11.1. The van der Waals surface area contributed by atoms with Crippen molar-refractivity contribution < 1.29 is 54.9 Å². The molecule has 0 aliphatic heterocycles. The van der Waals surface area contributed by atoms with Crippen LogP contribution >= 0.6 is 0 Å². The van der Waals surface area contributed by atoms with Gasteiger partial charge in [-0.2, -0.15) is 0 Å². The lowest BCUT2D eigenvalue weighted by Crippen LogP contribution is -2.38. The van der Waals surface area contributed by atoms with Crippen LogP contribution in [0.2, 0.25) is 0 Å². The van der Waals surface area contributed by atoms with Crippen molar-refractivity contribution in [2.45, 2.75) is 24.9 Å². The van der Waals surface area contributed by atoms with E-state index in [0.29, 0.717) is 0 Å². The molecule has 12 heteroatoms. The molecule has 2 unspecified atom stereocenters. The second-order valence-corrected chi connectivity index (χ2v) is 3.91. The zero-order chi connectivity index (χ0) is 17.7. The van der Waals surface area contributed by atoms with Gasteiger partial charge in [0.25, 0.3) is 0 Å². The van der Waals surface area contributed by atoms with Gasteiger partial charge in [-0.15, -0.1) is 26.3 Å². The smallest absolute Gasteiger partial charge is 0.466 e. The van der Waals surface area contributed by atoms with Crippen molar-refractivity contribution in [1.29, 1.82) is 0 Å². The highest BCUT2D eigenvalue weighted by Crippen LogP contribution is 2.27. The van der Waals surface area contributed by atoms with Gasteiger partial charge in [-0.25, -0.2) is 4.79 Å². The molecule has 0 spiro atoms. The normalized spacial score (nSPS) is 15.3. The summed E-state index contributed by atoms with van der Waals surface area (Å²) < 4.78 is 87.4. The van der Waals surface area contributed by atoms with E-state index < -0.39 is 49.9 Å². The largest absolute Gasteiger partial charge is 0.523 e. The van der Waals surface area contributed by atoms with Gasteiger partial charge in [0, 0.05) is 0 Å². The fraction of sp³-hybridized carbons (Fsp3) is 0.545. The van der Waals surface area contributed by atoms with E-state index in [4.69, 9.17) is 0 Å². The van der Waals surface area contributed by atoms with Crippen LogP contribution in [0.25, 0.3) is 0 Å². The highest BCUT2D eigenvalue weighted by atomic mass is 19.4. The van der Waals surface area contributed by atoms with E-state index in [2.05, 4.69) is 18.6 Å². The number of halogens is 6. The van der Waals surface area contributed by atoms with Gasteiger partial charge in [0.1, 0.15) is 18.5 Å². The molecule has 23 heavy (non-hydrogen) atoms. The molecule has 1 aromatic heterocycles. The number of carbonyl (C=O) groups excluding carboxylic acids is 1. The lowest BCUT2D eigenvalue weighted by atomic mass is 10.1. The lowest BCUT2D eigenvalue weighted by Gasteiger charge is -2.21. The molecule has 132 valence electrons. The van der Waals surface area contributed by atoms with Gasteiger partial charge >= 0.3 is 18.7 Å². The number of carbonyl (C=O) groups is 1. The molecule has 1 N–H and O–H groups in total. The van der Waals surface area contributed by atoms with Gasteiger partial charge in [0.05, 0.1) is 12.9 Å². The van der Waals surface area contributed by atoms with Crippen molar-refractivity contribution in [3.63, 3.8) is 0 Å². The molecule has 0 aromatic carbocycles. The molecule has 1 aromatic rings. The Balaban J connectivity index is 2.66. The van der Waals surface area contributed by atoms with Crippen LogP contribution in [-0.4, -0.2) is 43.1 Å². The van der Waals surface area contributed by atoms with E-state index in [0.717, 1.165) is 12.3 Å². The number of aliphatic hydroxyl groups is 1. The topological polar surface area (TPSA) is 78.1 Å². The zero-order valence-electron chi connectivity index (χ0n) is 11.1. The van der Waals surface area contributed by atoms with Crippen molar-refractivity contribution in [1.82, 2.24) is 0 Å². The molecule has 1 heterocycles. The maximum absolute atomic E-state index is 12.3. The molecule has 0 saturated carbocycles. The third-order valence-corrected chi connectivity index (χ3v) is 2.21. The van der Waals surface area contributed by atoms with E-state index in [1.165, 1.54) is 6.07 Å². The molecular weight excluding hydrogens is 342 g/mol. The van der Waals surface area contributed by atoms with Gasteiger partial charge in [0.2, 0.25) is 0 Å². The fourth-order valence-corrected chi connectivity index (χ4v) is 1.38. The highest BCUT2D eigenvalue weighted by molar-refractivity contribution is 5.75. The molecule has 0 aliphatic rings. The van der Waals surface area contributed by atoms with Crippen molar-refractivity contribution in [2.24, 2.45) is 0 Å². The minimum atomic E-state index is -5.31. The van der Waals surface area contributed by atoms with Crippen molar-refractivity contribution >= 4 is 5.97 Å². The summed E-state index contributed by atoms with van der Waals surface area (Å²) >= 11 is 0. The Morgan fingerprint density at radius 2 is 1.83 bits per heavy atom. The SMILES string of the molecule is O=C(OCCOC(F)(F)F)C(OC(F)(F)F)C(O)c1ccco1. The number of hydrogen-bond donors (Lipinski definition) is 1. The lowest BCUT2D eigenvalue weighted by molar-refractivity contribution is -0.349. The Hall–Kier alpha value is -1.79. The average Bonchev–Trinajstić information content (AvgIpc) is 2.92. The van der Waals surface area contributed by atoms with E-state index in [1.807, 2.05) is 0 Å². The van der Waals surface area contributed by atoms with Gasteiger partial charge in [-0.1, -0.05) is 0 Å². The van der Waals surface area contributed by atoms with Crippen molar-refractivity contribution in [2.75, 3.05) is 13.2 Å². The molecule has 0 radical (unpaired) electrons. The Bertz CT molecular complexity index is 482. The summed E-state index contributed by atoms with van der Waals surface area (Å²) in [7, 11) is 0. The second-order valence-electron chi connectivity index (χ2n) is 3.91. The Kier molecular flexibility index (Phi) is 6.41. The van der Waals surface area contributed by atoms with Crippen molar-refractivity contribution in [3.8, 4) is 0 Å². The van der Waals surface area contributed by atoms with Crippen LogP contribution in [0.15, 0.2) is 22.8 Å². The van der Waals surface area contributed by atoms with Crippen LogP contribution in [0.3, 0.4) is 0 Å². The summed E-state index contributed by atoms with van der Waals surface area (Å²) in [5.74, 6) is -2.17. The summed E-state index contributed by atoms with van der Waals surface area (Å²) in [6.45, 7) is -2.13. The number of hydrogen-bond acceptors (Lipinski definition) is 6. The highest BCUT2D eigenvalue weighted by Gasteiger charge is 2.43. The summed E-state index contributed by atoms with van der Waals surface area (Å²) in [4.78, 5) is 11.5. The maximum atomic E-state index is 12.3. The van der Waals surface area contributed by atoms with Gasteiger partial charge < -0.3 is 14.3 Å². The van der Waals surface area contributed by atoms with Gasteiger partial charge in [0.15, 0.2) is 6.10 Å². The third kappa shape index (κ3) is 7.34. The molecule has 0 bridgehead atoms. The summed E-state index contributed by atoms with van der Waals surface area (Å²) in [6, 6.07) is 2.29. The van der Waals surface area contributed by atoms with E-state index in [1.54, 1.807) is 0 Å². The van der Waals surface area contributed by atoms with E-state index >= 15 is 0 Å². The summed E-state index contributed by atoms with van der Waals surface area (Å²) in [5, 5.41) is 9.66. The summed E-state index contributed by atoms with van der Waals surface area (Å²) in [5.41, 5.74) is 0. The van der Waals surface area contributed by atoms with E-state index in [9.17, 15) is 36.2 Å². The number of furan rings is 1. The van der Waals surface area contributed by atoms with Crippen LogP contribution in [0.1, 0.15) is 11.9 Å². The van der Waals surface area contributed by atoms with Gasteiger partial charge in [-0.05, 0) is 12.1 Å². The first-order chi connectivity index (χ1) is 10.5. The molecule has 1 rings (SSSR count). The van der Waals surface area contributed by atoms with Crippen LogP contribution < -0.4 is 0 Å². The minimum absolute atomic E-state index is 0.428. The van der Waals surface area contributed by atoms with Crippen LogP contribution in [0, 0.1) is 0 Å². The van der Waals surface area contributed by atoms with Crippen LogP contribution in [-0.2, 0) is 19.0 Å². The first-order valence-corrected chi connectivity index (χ1v) is 5.83. The van der Waals surface area contributed by atoms with Crippen molar-refractivity contribution in [3.05, 3.63) is 24.2 Å². The fourth-order valence-electron chi connectivity index (χ4n) is 1.38. The Morgan fingerprint density at radius 3 is 2.30 bits per heavy atom. The number of esters is 1. The predicted molar refractivity (Wildman–Crippen MR) is 57.6 cm³/mol. The molecule has 6 nitrogen and oxygen atoms in total. The van der Waals surface area contributed by atoms with Crippen LogP contribution in [0.5, 0.6) is 0 Å². The standard InChI is InChI=1S/C11H10F6O6/c12-10(13,14)22-5-4-21-9(19)8(23-11(15,16)17)7(18)6-2-1-3-20-6/h1-3,7-8,18H,4-5H2. The first-order valence-electron chi connectivity index (χ1n) is 5.83. The Labute approximate surface area is 124 Å². The quantitative estimate of drug-likeness (QED) is 0.461. The minimum Gasteiger partial charge on any atom is -0.466 e. The second kappa shape index (κ2) is 7.66. The molecule has 0 fully saturated rings. The summed E-state index contributed by atoms with van der Waals surface area (Å²) in [6.07, 6.45) is -14.0. The monoisotopic (exact) mass is 352 g/mol. The average molecular weight is 352 g/mol. The molecular formula is C11H10F6O6. The maximum Gasteiger partial charge on any atom is 0.523 e. The molecule has 0 saturated heterocycles. The molecule has 0 aliphatic carbocycles. The predicted octanol–water partition coefficient (Wildman–Crippen LogP) is 2.30. The third-order valence-electron chi connectivity index (χ3n) is 2.21. The number of alkyl halides is 6. The number of aliphatic hydroxyl groups excluding tert-OH is 1. The van der Waals surface area contributed by atoms with Crippen LogP contribution in [0.4, 0.5) is 26.3 Å². The first kappa shape index (κ1) is 19.3. The number of ether oxygens (including phenoxy) is 3. The number of rotatable bonds is 7. The molecule has 0 amide bonds. The Morgan fingerprint density at radius 1 is 1.17 bits per heavy atom. The molecule has 2 atom stereocenters.